The zero-order valence-electron chi connectivity index (χ0n) is 32.6. The van der Waals surface area contributed by atoms with Crippen LogP contribution in [0.25, 0.3) is 0 Å². The van der Waals surface area contributed by atoms with Gasteiger partial charge in [-0.15, -0.1) is 0 Å². The van der Waals surface area contributed by atoms with Crippen molar-refractivity contribution in [3.05, 3.63) is 48.6 Å². The van der Waals surface area contributed by atoms with Gasteiger partial charge in [0.15, 0.2) is 0 Å². The molecule has 10 nitrogen and oxygen atoms in total. The van der Waals surface area contributed by atoms with Crippen molar-refractivity contribution in [2.24, 2.45) is 5.73 Å². The summed E-state index contributed by atoms with van der Waals surface area (Å²) in [6.45, 7) is 3.71. The second-order valence-electron chi connectivity index (χ2n) is 13.4. The Morgan fingerprint density at radius 3 is 1.69 bits per heavy atom. The molecule has 0 radical (unpaired) electrons. The summed E-state index contributed by atoms with van der Waals surface area (Å²) in [7, 11) is -4.62. The number of hydrogen-bond acceptors (Lipinski definition) is 8. The van der Waals surface area contributed by atoms with Crippen LogP contribution < -0.4 is 5.73 Å². The number of hydrogen-bond donors (Lipinski definition) is 3. The molecule has 3 atom stereocenters. The van der Waals surface area contributed by atoms with Gasteiger partial charge in [-0.2, -0.15) is 0 Å². The van der Waals surface area contributed by atoms with Gasteiger partial charge in [-0.1, -0.05) is 133 Å². The van der Waals surface area contributed by atoms with Crippen LogP contribution in [0.5, 0.6) is 0 Å². The van der Waals surface area contributed by atoms with E-state index >= 15 is 0 Å². The molecule has 0 amide bonds. The topological polar surface area (TPSA) is 155 Å². The molecule has 3 unspecified atom stereocenters. The van der Waals surface area contributed by atoms with E-state index in [4.69, 9.17) is 29.4 Å². The van der Waals surface area contributed by atoms with Gasteiger partial charge >= 0.3 is 19.8 Å². The molecule has 0 aliphatic rings. The predicted octanol–water partition coefficient (Wildman–Crippen LogP) is 10.7. The Morgan fingerprint density at radius 1 is 0.635 bits per heavy atom. The fourth-order valence-corrected chi connectivity index (χ4v) is 5.98. The Bertz CT molecular complexity index is 1010. The summed E-state index contributed by atoms with van der Waals surface area (Å²) in [4.78, 5) is 33.4. The molecule has 11 heteroatoms. The molecule has 0 spiro atoms. The van der Waals surface area contributed by atoms with E-state index in [-0.39, 0.29) is 13.0 Å². The maximum atomic E-state index is 12.6. The molecule has 0 rings (SSSR count). The molecule has 0 aromatic rings. The number of unbranched alkanes of at least 4 members (excludes halogenated alkanes) is 16. The second kappa shape index (κ2) is 37.3. The third-order valence-corrected chi connectivity index (χ3v) is 9.29. The van der Waals surface area contributed by atoms with E-state index in [2.05, 4.69) is 62.5 Å². The first-order chi connectivity index (χ1) is 25.2. The normalized spacial score (nSPS) is 14.5. The van der Waals surface area contributed by atoms with Crippen molar-refractivity contribution in [2.45, 2.75) is 174 Å². The number of carbonyl (C=O) groups excluding carboxylic acids is 1. The Labute approximate surface area is 316 Å². The van der Waals surface area contributed by atoms with Crippen LogP contribution in [-0.2, 0) is 32.7 Å². The highest BCUT2D eigenvalue weighted by Gasteiger charge is 2.27. The van der Waals surface area contributed by atoms with Gasteiger partial charge in [0.2, 0.25) is 0 Å². The van der Waals surface area contributed by atoms with E-state index in [1.165, 1.54) is 57.8 Å². The lowest BCUT2D eigenvalue weighted by molar-refractivity contribution is -0.154. The van der Waals surface area contributed by atoms with E-state index in [1.807, 2.05) is 0 Å². The third kappa shape index (κ3) is 36.3. The molecule has 0 aliphatic heterocycles. The lowest BCUT2D eigenvalue weighted by atomic mass is 10.1. The van der Waals surface area contributed by atoms with Crippen LogP contribution in [0, 0.1) is 0 Å². The lowest BCUT2D eigenvalue weighted by Crippen LogP contribution is -2.34. The molecule has 0 aliphatic carbocycles. The largest absolute Gasteiger partial charge is 0.480 e. The zero-order chi connectivity index (χ0) is 38.4. The molecule has 0 aromatic carbocycles. The minimum absolute atomic E-state index is 0.00357. The number of nitrogens with two attached hydrogens (primary N) is 1. The van der Waals surface area contributed by atoms with E-state index in [0.717, 1.165) is 77.0 Å². The van der Waals surface area contributed by atoms with E-state index in [9.17, 15) is 19.0 Å². The van der Waals surface area contributed by atoms with Gasteiger partial charge in [-0.05, 0) is 70.6 Å². The van der Waals surface area contributed by atoms with Gasteiger partial charge in [-0.25, -0.2) is 4.57 Å². The Morgan fingerprint density at radius 2 is 1.12 bits per heavy atom. The van der Waals surface area contributed by atoms with Crippen molar-refractivity contribution >= 4 is 19.8 Å². The van der Waals surface area contributed by atoms with Crippen LogP contribution in [0.3, 0.4) is 0 Å². The Balaban J connectivity index is 4.32. The highest BCUT2D eigenvalue weighted by Crippen LogP contribution is 2.43. The van der Waals surface area contributed by atoms with E-state index in [1.54, 1.807) is 0 Å². The quantitative estimate of drug-likeness (QED) is 0.0240. The summed E-state index contributed by atoms with van der Waals surface area (Å²) in [6, 6.07) is -1.48. The average Bonchev–Trinajstić information content (AvgIpc) is 3.12. The molecule has 0 heterocycles. The standard InChI is InChI=1S/C41H74NO9P/c1-3-5-7-9-11-13-15-17-19-20-22-24-26-28-30-32-34-48-35-38(36-49-52(46,47)50-37-39(42)41(44)45)51-40(43)33-31-29-27-25-23-21-18-16-14-12-10-8-6-4-2/h5,7,11,13,16-19,38-39H,3-4,6,8-10,12,14-15,20-37,42H2,1-2H3,(H,44,45)(H,46,47)/b7-5-,13-11-,18-16-,19-17-. The van der Waals surface area contributed by atoms with Gasteiger partial charge in [0.1, 0.15) is 12.1 Å². The fourth-order valence-electron chi connectivity index (χ4n) is 5.20. The van der Waals surface area contributed by atoms with Gasteiger partial charge in [0, 0.05) is 13.0 Å². The molecular formula is C41H74NO9P. The van der Waals surface area contributed by atoms with Crippen LogP contribution in [0.1, 0.15) is 162 Å². The molecule has 0 bridgehead atoms. The Hall–Kier alpha value is -2.07. The first-order valence-electron chi connectivity index (χ1n) is 20.2. The minimum atomic E-state index is -4.62. The molecule has 4 N–H and O–H groups in total. The number of carbonyl (C=O) groups is 2. The number of allylic oxidation sites excluding steroid dienone is 8. The highest BCUT2D eigenvalue weighted by atomic mass is 31.2. The molecule has 0 aromatic heterocycles. The molecule has 0 fully saturated rings. The lowest BCUT2D eigenvalue weighted by Gasteiger charge is -2.20. The molecule has 52 heavy (non-hydrogen) atoms. The minimum Gasteiger partial charge on any atom is -0.480 e. The molecule has 0 saturated carbocycles. The first kappa shape index (κ1) is 49.9. The van der Waals surface area contributed by atoms with Gasteiger partial charge in [0.05, 0.1) is 19.8 Å². The third-order valence-electron chi connectivity index (χ3n) is 8.34. The van der Waals surface area contributed by atoms with Crippen LogP contribution in [0.15, 0.2) is 48.6 Å². The van der Waals surface area contributed by atoms with Crippen molar-refractivity contribution in [3.8, 4) is 0 Å². The first-order valence-corrected chi connectivity index (χ1v) is 21.7. The number of carboxylic acid groups (broad SMARTS) is 1. The molecular weight excluding hydrogens is 681 g/mol. The summed E-state index contributed by atoms with van der Waals surface area (Å²) in [5.41, 5.74) is 5.34. The Kier molecular flexibility index (Phi) is 35.8. The fraction of sp³-hybridized carbons (Fsp3) is 0.756. The van der Waals surface area contributed by atoms with E-state index < -0.39 is 45.1 Å². The van der Waals surface area contributed by atoms with Crippen molar-refractivity contribution in [2.75, 3.05) is 26.4 Å². The summed E-state index contributed by atoms with van der Waals surface area (Å²) in [5, 5.41) is 8.88. The van der Waals surface area contributed by atoms with Gasteiger partial charge in [-0.3, -0.25) is 18.6 Å². The van der Waals surface area contributed by atoms with Crippen molar-refractivity contribution in [3.63, 3.8) is 0 Å². The van der Waals surface area contributed by atoms with Crippen LogP contribution >= 0.6 is 7.82 Å². The zero-order valence-corrected chi connectivity index (χ0v) is 33.5. The number of carboxylic acids is 1. The van der Waals surface area contributed by atoms with E-state index in [0.29, 0.717) is 13.0 Å². The second-order valence-corrected chi connectivity index (χ2v) is 14.8. The molecule has 302 valence electrons. The van der Waals surface area contributed by atoms with Crippen LogP contribution in [0.2, 0.25) is 0 Å². The number of aliphatic carboxylic acids is 1. The summed E-state index contributed by atoms with van der Waals surface area (Å²) in [6.07, 6.45) is 41.6. The number of phosphoric ester groups is 1. The van der Waals surface area contributed by atoms with Crippen molar-refractivity contribution in [1.29, 1.82) is 0 Å². The highest BCUT2D eigenvalue weighted by molar-refractivity contribution is 7.47. The van der Waals surface area contributed by atoms with Crippen molar-refractivity contribution in [1.82, 2.24) is 0 Å². The average molecular weight is 756 g/mol. The maximum absolute atomic E-state index is 12.6. The summed E-state index contributed by atoms with van der Waals surface area (Å²) in [5.74, 6) is -1.80. The number of esters is 1. The number of rotatable bonds is 38. The number of phosphoric acid groups is 1. The number of ether oxygens (including phenoxy) is 2. The predicted molar refractivity (Wildman–Crippen MR) is 212 cm³/mol. The summed E-state index contributed by atoms with van der Waals surface area (Å²) < 4.78 is 33.2. The SMILES string of the molecule is CC/C=C\C/C=C\C/C=C\CCCCCCCCOCC(COP(=O)(O)OCC(N)C(=O)O)OC(=O)CCCCCCC/C=C\CCCCCCC. The van der Waals surface area contributed by atoms with Crippen LogP contribution in [-0.4, -0.2) is 60.5 Å². The summed E-state index contributed by atoms with van der Waals surface area (Å²) >= 11 is 0. The van der Waals surface area contributed by atoms with Crippen LogP contribution in [0.4, 0.5) is 0 Å². The van der Waals surface area contributed by atoms with Gasteiger partial charge in [0.25, 0.3) is 0 Å². The van der Waals surface area contributed by atoms with Crippen molar-refractivity contribution < 1.29 is 42.7 Å². The smallest absolute Gasteiger partial charge is 0.472 e. The maximum Gasteiger partial charge on any atom is 0.472 e. The monoisotopic (exact) mass is 756 g/mol. The molecule has 0 saturated heterocycles. The van der Waals surface area contributed by atoms with Gasteiger partial charge < -0.3 is 25.2 Å².